The smallest absolute Gasteiger partial charge is 0.244 e. The molecule has 0 bridgehead atoms. The van der Waals surface area contributed by atoms with Crippen LogP contribution in [0.15, 0.2) is 10.3 Å². The van der Waals surface area contributed by atoms with Crippen LogP contribution in [0, 0.1) is 6.92 Å². The molecule has 0 radical (unpaired) electrons. The second kappa shape index (κ2) is 5.96. The second-order valence-corrected chi connectivity index (χ2v) is 10.3. The molecule has 1 fully saturated rings. The van der Waals surface area contributed by atoms with Crippen molar-refractivity contribution in [3.8, 4) is 0 Å². The number of sulfonamides is 1. The summed E-state index contributed by atoms with van der Waals surface area (Å²) in [7, 11) is -1.54. The largest absolute Gasteiger partial charge is 0.315 e. The molecule has 20 heavy (non-hydrogen) atoms. The summed E-state index contributed by atoms with van der Waals surface area (Å²) < 4.78 is 27.5. The molecule has 4 nitrogen and oxygen atoms in total. The molecule has 1 N–H and O–H groups in total. The van der Waals surface area contributed by atoms with E-state index in [4.69, 9.17) is 0 Å². The van der Waals surface area contributed by atoms with Crippen LogP contribution >= 0.6 is 23.1 Å². The predicted octanol–water partition coefficient (Wildman–Crippen LogP) is 2.29. The van der Waals surface area contributed by atoms with Crippen LogP contribution < -0.4 is 5.32 Å². The van der Waals surface area contributed by atoms with Crippen LogP contribution in [0.5, 0.6) is 0 Å². The quantitative estimate of drug-likeness (QED) is 0.918. The zero-order valence-electron chi connectivity index (χ0n) is 12.4. The minimum Gasteiger partial charge on any atom is -0.315 e. The van der Waals surface area contributed by atoms with Crippen molar-refractivity contribution in [2.45, 2.75) is 37.0 Å². The minimum absolute atomic E-state index is 0.0155. The summed E-state index contributed by atoms with van der Waals surface area (Å²) >= 11 is 3.36. The van der Waals surface area contributed by atoms with Crippen LogP contribution in [0.2, 0.25) is 0 Å². The Kier molecular flexibility index (Phi) is 4.86. The van der Waals surface area contributed by atoms with Crippen molar-refractivity contribution >= 4 is 33.1 Å². The molecule has 1 aliphatic rings. The summed E-state index contributed by atoms with van der Waals surface area (Å²) in [4.78, 5) is 1.42. The summed E-state index contributed by atoms with van der Waals surface area (Å²) in [6, 6.07) is 0. The maximum Gasteiger partial charge on any atom is 0.244 e. The molecule has 0 atom stereocenters. The van der Waals surface area contributed by atoms with E-state index in [2.05, 4.69) is 19.2 Å². The molecule has 0 aromatic carbocycles. The van der Waals surface area contributed by atoms with Gasteiger partial charge in [0.1, 0.15) is 4.90 Å². The number of thioether (sulfide) groups is 1. The number of hydrogen-bond donors (Lipinski definition) is 1. The van der Waals surface area contributed by atoms with Crippen molar-refractivity contribution in [1.82, 2.24) is 9.62 Å². The highest BCUT2D eigenvalue weighted by atomic mass is 32.2. The molecule has 114 valence electrons. The lowest BCUT2D eigenvalue weighted by molar-refractivity contribution is 0.387. The fourth-order valence-electron chi connectivity index (χ4n) is 2.42. The molecule has 2 rings (SSSR count). The molecule has 0 aliphatic carbocycles. The Balaban J connectivity index is 2.37. The first-order chi connectivity index (χ1) is 9.28. The van der Waals surface area contributed by atoms with Gasteiger partial charge in [0, 0.05) is 35.0 Å². The van der Waals surface area contributed by atoms with Gasteiger partial charge in [0.2, 0.25) is 10.0 Å². The van der Waals surface area contributed by atoms with E-state index in [0.29, 0.717) is 24.5 Å². The third-order valence-corrected chi connectivity index (χ3v) is 7.92. The Labute approximate surface area is 130 Å². The molecule has 1 aromatic heterocycles. The van der Waals surface area contributed by atoms with Crippen LogP contribution in [0.3, 0.4) is 0 Å². The Morgan fingerprint density at radius 1 is 1.45 bits per heavy atom. The van der Waals surface area contributed by atoms with Gasteiger partial charge in [-0.1, -0.05) is 0 Å². The van der Waals surface area contributed by atoms with Crippen LogP contribution in [0.25, 0.3) is 0 Å². The molecule has 1 saturated heterocycles. The first-order valence-corrected chi connectivity index (χ1v) is 9.94. The standard InChI is InChI=1S/C13H22N2O2S3/c1-10-8-18-11(7-14-4)12(10)20(16,17)15-5-6-19-13(2,3)9-15/h8,14H,5-7,9H2,1-4H3. The Hall–Kier alpha value is -0.0800. The molecule has 0 unspecified atom stereocenters. The third-order valence-electron chi connectivity index (χ3n) is 3.32. The lowest BCUT2D eigenvalue weighted by Gasteiger charge is -2.36. The van der Waals surface area contributed by atoms with E-state index in [0.717, 1.165) is 16.2 Å². The highest BCUT2D eigenvalue weighted by Gasteiger charge is 2.36. The number of nitrogens with zero attached hydrogens (tertiary/aromatic N) is 1. The monoisotopic (exact) mass is 334 g/mol. The van der Waals surface area contributed by atoms with E-state index >= 15 is 0 Å². The summed E-state index contributed by atoms with van der Waals surface area (Å²) in [5.41, 5.74) is 0.858. The SMILES string of the molecule is CNCc1scc(C)c1S(=O)(=O)N1CCSC(C)(C)C1. The van der Waals surface area contributed by atoms with E-state index in [9.17, 15) is 8.42 Å². The lowest BCUT2D eigenvalue weighted by Crippen LogP contribution is -2.46. The van der Waals surface area contributed by atoms with Crippen molar-refractivity contribution in [1.29, 1.82) is 0 Å². The summed E-state index contributed by atoms with van der Waals surface area (Å²) in [5.74, 6) is 0.858. The molecule has 7 heteroatoms. The van der Waals surface area contributed by atoms with Crippen molar-refractivity contribution in [3.63, 3.8) is 0 Å². The average Bonchev–Trinajstić information content (AvgIpc) is 2.70. The zero-order chi connectivity index (χ0) is 15.0. The minimum atomic E-state index is -3.38. The van der Waals surface area contributed by atoms with Crippen molar-refractivity contribution in [2.75, 3.05) is 25.9 Å². The highest BCUT2D eigenvalue weighted by molar-refractivity contribution is 8.00. The van der Waals surface area contributed by atoms with Crippen molar-refractivity contribution < 1.29 is 8.42 Å². The normalized spacial score (nSPS) is 20.2. The van der Waals surface area contributed by atoms with Gasteiger partial charge in [-0.2, -0.15) is 16.1 Å². The topological polar surface area (TPSA) is 49.4 Å². The molecule has 0 amide bonds. The summed E-state index contributed by atoms with van der Waals surface area (Å²) in [6.45, 7) is 7.87. The van der Waals surface area contributed by atoms with Crippen molar-refractivity contribution in [2.24, 2.45) is 0 Å². The highest BCUT2D eigenvalue weighted by Crippen LogP contribution is 2.35. The molecule has 1 aliphatic heterocycles. The van der Waals surface area contributed by atoms with Crippen LogP contribution in [-0.2, 0) is 16.6 Å². The van der Waals surface area contributed by atoms with Gasteiger partial charge in [-0.05, 0) is 38.8 Å². The van der Waals surface area contributed by atoms with E-state index < -0.39 is 10.0 Å². The maximum atomic E-state index is 12.9. The molecule has 0 saturated carbocycles. The van der Waals surface area contributed by atoms with E-state index in [1.165, 1.54) is 11.3 Å². The van der Waals surface area contributed by atoms with Crippen LogP contribution in [0.1, 0.15) is 24.3 Å². The molecule has 0 spiro atoms. The predicted molar refractivity (Wildman–Crippen MR) is 87.1 cm³/mol. The van der Waals surface area contributed by atoms with E-state index in [1.54, 1.807) is 4.31 Å². The Morgan fingerprint density at radius 3 is 2.75 bits per heavy atom. The van der Waals surface area contributed by atoms with Gasteiger partial charge >= 0.3 is 0 Å². The van der Waals surface area contributed by atoms with Crippen molar-refractivity contribution in [3.05, 3.63) is 15.8 Å². The summed E-state index contributed by atoms with van der Waals surface area (Å²) in [5, 5.41) is 4.99. The van der Waals surface area contributed by atoms with Gasteiger partial charge < -0.3 is 5.32 Å². The number of thiophene rings is 1. The molecule has 2 heterocycles. The second-order valence-electron chi connectivity index (χ2n) is 5.65. The first-order valence-electron chi connectivity index (χ1n) is 6.63. The Morgan fingerprint density at radius 2 is 2.15 bits per heavy atom. The zero-order valence-corrected chi connectivity index (χ0v) is 14.8. The van der Waals surface area contributed by atoms with E-state index in [1.807, 2.05) is 31.1 Å². The van der Waals surface area contributed by atoms with Gasteiger partial charge in [0.05, 0.1) is 0 Å². The van der Waals surface area contributed by atoms with Gasteiger partial charge in [-0.15, -0.1) is 11.3 Å². The maximum absolute atomic E-state index is 12.9. The molecular weight excluding hydrogens is 312 g/mol. The van der Waals surface area contributed by atoms with Crippen LogP contribution in [0.4, 0.5) is 0 Å². The number of nitrogens with one attached hydrogen (secondary N) is 1. The number of rotatable bonds is 4. The average molecular weight is 335 g/mol. The number of hydrogen-bond acceptors (Lipinski definition) is 5. The fraction of sp³-hybridized carbons (Fsp3) is 0.692. The molecule has 1 aromatic rings. The van der Waals surface area contributed by atoms with Gasteiger partial charge in [-0.3, -0.25) is 0 Å². The summed E-state index contributed by atoms with van der Waals surface area (Å²) in [6.07, 6.45) is 0. The Bertz CT molecular complexity index is 578. The fourth-order valence-corrected chi connectivity index (χ4v) is 7.11. The van der Waals surface area contributed by atoms with Gasteiger partial charge in [0.15, 0.2) is 0 Å². The van der Waals surface area contributed by atoms with E-state index in [-0.39, 0.29) is 4.75 Å². The van der Waals surface area contributed by atoms with Gasteiger partial charge in [-0.25, -0.2) is 8.42 Å². The first kappa shape index (κ1) is 16.3. The number of aryl methyl sites for hydroxylation is 1. The van der Waals surface area contributed by atoms with Gasteiger partial charge in [0.25, 0.3) is 0 Å². The molecular formula is C13H22N2O2S3. The third kappa shape index (κ3) is 3.22. The van der Waals surface area contributed by atoms with Crippen LogP contribution in [-0.4, -0.2) is 43.4 Å². The lowest BCUT2D eigenvalue weighted by atomic mass is 10.2.